The third-order valence-electron chi connectivity index (χ3n) is 0.566. The molecule has 3 N–H and O–H groups in total. The lowest BCUT2D eigenvalue weighted by atomic mass is 10.5. The van der Waals surface area contributed by atoms with Gasteiger partial charge in [0, 0.05) is 5.75 Å². The normalized spacial score (nSPS) is 11.8. The number of rotatable bonds is 5. The highest BCUT2D eigenvalue weighted by molar-refractivity contribution is 9.05. The van der Waals surface area contributed by atoms with Crippen molar-refractivity contribution in [1.29, 1.82) is 0 Å². The van der Waals surface area contributed by atoms with Crippen molar-refractivity contribution in [3.63, 3.8) is 0 Å². The van der Waals surface area contributed by atoms with Crippen LogP contribution in [0.25, 0.3) is 0 Å². The summed E-state index contributed by atoms with van der Waals surface area (Å²) in [6.45, 7) is 0.541. The zero-order valence-electron chi connectivity index (χ0n) is 5.19. The van der Waals surface area contributed by atoms with Crippen LogP contribution < -0.4 is 5.73 Å². The third kappa shape index (κ3) is 8.57. The summed E-state index contributed by atoms with van der Waals surface area (Å²) in [7, 11) is -2.32. The number of hydrogen-bond donors (Lipinski definition) is 2. The minimum absolute atomic E-state index is 0.462. The lowest BCUT2D eigenvalue weighted by Gasteiger charge is -1.93. The first-order chi connectivity index (χ1) is 4.56. The van der Waals surface area contributed by atoms with Gasteiger partial charge >= 0.3 is 9.15 Å². The molecule has 0 rings (SSSR count). The molecule has 0 heterocycles. The highest BCUT2D eigenvalue weighted by Crippen LogP contribution is 2.26. The van der Waals surface area contributed by atoms with E-state index in [4.69, 9.17) is 10.3 Å². The first-order valence-electron chi connectivity index (χ1n) is 2.55. The van der Waals surface area contributed by atoms with Gasteiger partial charge < -0.3 is 5.73 Å². The molecule has 0 aromatic carbocycles. The number of hydrogen-bond acceptors (Lipinski definition) is 5. The quantitative estimate of drug-likeness (QED) is 0.385. The molecule has 7 heteroatoms. The predicted octanol–water partition coefficient (Wildman–Crippen LogP) is 0.519. The minimum atomic E-state index is -3.87. The fourth-order valence-electron chi connectivity index (χ4n) is 0.237. The second kappa shape index (κ2) is 5.25. The van der Waals surface area contributed by atoms with E-state index in [0.29, 0.717) is 22.1 Å². The molecule has 0 aliphatic rings. The Morgan fingerprint density at radius 1 is 1.50 bits per heavy atom. The fourth-order valence-corrected chi connectivity index (χ4v) is 3.34. The molecule has 0 saturated heterocycles. The van der Waals surface area contributed by atoms with Gasteiger partial charge in [-0.2, -0.15) is 8.42 Å². The highest BCUT2D eigenvalue weighted by atomic mass is 33.5. The molecule has 0 aliphatic carbocycles. The molecular weight excluding hydrogens is 194 g/mol. The summed E-state index contributed by atoms with van der Waals surface area (Å²) in [4.78, 5) is 0. The van der Waals surface area contributed by atoms with Crippen molar-refractivity contribution < 1.29 is 13.0 Å². The summed E-state index contributed by atoms with van der Waals surface area (Å²) in [5.74, 6) is 0.640. The second-order valence-electron chi connectivity index (χ2n) is 1.46. The maximum atomic E-state index is 10.1. The molecule has 4 nitrogen and oxygen atoms in total. The number of nitrogens with two attached hydrogens (primary N) is 1. The third-order valence-corrected chi connectivity index (χ3v) is 5.01. The van der Waals surface area contributed by atoms with Gasteiger partial charge in [-0.3, -0.25) is 4.55 Å². The molecule has 0 aromatic heterocycles. The Kier molecular flexibility index (Phi) is 5.55. The van der Waals surface area contributed by atoms with Crippen molar-refractivity contribution in [3.05, 3.63) is 0 Å². The molecule has 0 aromatic rings. The second-order valence-corrected chi connectivity index (χ2v) is 6.70. The largest absolute Gasteiger partial charge is 0.330 e. The van der Waals surface area contributed by atoms with E-state index in [1.54, 1.807) is 0 Å². The van der Waals surface area contributed by atoms with Crippen LogP contribution in [0.3, 0.4) is 0 Å². The van der Waals surface area contributed by atoms with Crippen molar-refractivity contribution in [2.75, 3.05) is 12.3 Å². The lowest BCUT2D eigenvalue weighted by Crippen LogP contribution is -1.99. The van der Waals surface area contributed by atoms with Crippen LogP contribution in [0.15, 0.2) is 0 Å². The van der Waals surface area contributed by atoms with E-state index >= 15 is 0 Å². The van der Waals surface area contributed by atoms with Gasteiger partial charge in [-0.25, -0.2) is 0 Å². The average Bonchev–Trinajstić information content (AvgIpc) is 1.78. The summed E-state index contributed by atoms with van der Waals surface area (Å²) < 4.78 is 28.3. The van der Waals surface area contributed by atoms with E-state index in [1.807, 2.05) is 0 Å². The molecule has 0 bridgehead atoms. The molecule has 0 atom stereocenters. The summed E-state index contributed by atoms with van der Waals surface area (Å²) in [6, 6.07) is 0. The van der Waals surface area contributed by atoms with E-state index in [2.05, 4.69) is 0 Å². The minimum Gasteiger partial charge on any atom is -0.330 e. The average molecular weight is 203 g/mol. The van der Waals surface area contributed by atoms with Gasteiger partial charge in [0.1, 0.15) is 0 Å². The van der Waals surface area contributed by atoms with Crippen LogP contribution in [0, 0.1) is 0 Å². The van der Waals surface area contributed by atoms with Gasteiger partial charge in [0.25, 0.3) is 0 Å². The Balaban J connectivity index is 3.21. The topological polar surface area (TPSA) is 80.4 Å². The summed E-state index contributed by atoms with van der Waals surface area (Å²) in [6.07, 6.45) is 0.757. The van der Waals surface area contributed by atoms with Crippen LogP contribution in [0.4, 0.5) is 0 Å². The first kappa shape index (κ1) is 10.6. The van der Waals surface area contributed by atoms with Crippen LogP contribution in [0.2, 0.25) is 0 Å². The fraction of sp³-hybridized carbons (Fsp3) is 1.00. The van der Waals surface area contributed by atoms with Gasteiger partial charge in [0.2, 0.25) is 0 Å². The standard InChI is InChI=1S/C3H9NO3S3/c4-2-1-3-8-9-10(5,6)7/h1-4H2,(H,5,6,7). The van der Waals surface area contributed by atoms with E-state index in [1.165, 1.54) is 0 Å². The van der Waals surface area contributed by atoms with E-state index in [0.717, 1.165) is 17.2 Å². The van der Waals surface area contributed by atoms with Crippen LogP contribution >= 0.6 is 20.6 Å². The van der Waals surface area contributed by atoms with Gasteiger partial charge in [-0.15, -0.1) is 0 Å². The molecule has 10 heavy (non-hydrogen) atoms. The molecule has 0 fully saturated rings. The molecule has 0 amide bonds. The Labute approximate surface area is 67.5 Å². The van der Waals surface area contributed by atoms with E-state index < -0.39 is 9.15 Å². The predicted molar refractivity (Wildman–Crippen MR) is 45.3 cm³/mol. The molecule has 0 aliphatic heterocycles. The molecule has 0 radical (unpaired) electrons. The monoisotopic (exact) mass is 203 g/mol. The zero-order chi connectivity index (χ0) is 8.04. The van der Waals surface area contributed by atoms with Crippen LogP contribution in [0.5, 0.6) is 0 Å². The van der Waals surface area contributed by atoms with Crippen LogP contribution in [-0.2, 0) is 9.15 Å². The Bertz CT molecular complexity index is 166. The molecule has 0 saturated carbocycles. The van der Waals surface area contributed by atoms with Crippen LogP contribution in [0.1, 0.15) is 6.42 Å². The highest BCUT2D eigenvalue weighted by Gasteiger charge is 2.03. The van der Waals surface area contributed by atoms with Gasteiger partial charge in [0.15, 0.2) is 0 Å². The van der Waals surface area contributed by atoms with Gasteiger partial charge in [0.05, 0.1) is 9.83 Å². The summed E-state index contributed by atoms with van der Waals surface area (Å²) in [5.41, 5.74) is 5.14. The molecule has 0 unspecified atom stereocenters. The van der Waals surface area contributed by atoms with Crippen molar-refractivity contribution in [2.45, 2.75) is 6.42 Å². The van der Waals surface area contributed by atoms with E-state index in [9.17, 15) is 8.42 Å². The SMILES string of the molecule is NCCCSSS(=O)(=O)O. The Hall–Kier alpha value is 0.570. The Morgan fingerprint density at radius 2 is 2.10 bits per heavy atom. The van der Waals surface area contributed by atoms with Crippen molar-refractivity contribution in [3.8, 4) is 0 Å². The lowest BCUT2D eigenvalue weighted by molar-refractivity contribution is 0.503. The Morgan fingerprint density at radius 3 is 2.50 bits per heavy atom. The summed E-state index contributed by atoms with van der Waals surface area (Å²) >= 11 is 0. The van der Waals surface area contributed by atoms with Crippen LogP contribution in [-0.4, -0.2) is 25.3 Å². The summed E-state index contributed by atoms with van der Waals surface area (Å²) in [5, 5.41) is 0. The molecule has 0 spiro atoms. The van der Waals surface area contributed by atoms with Crippen molar-refractivity contribution in [2.24, 2.45) is 5.73 Å². The molecule has 62 valence electrons. The van der Waals surface area contributed by atoms with Gasteiger partial charge in [-0.05, 0) is 13.0 Å². The van der Waals surface area contributed by atoms with E-state index in [-0.39, 0.29) is 0 Å². The van der Waals surface area contributed by atoms with Crippen molar-refractivity contribution >= 4 is 29.8 Å². The van der Waals surface area contributed by atoms with Gasteiger partial charge in [-0.1, -0.05) is 10.8 Å². The maximum absolute atomic E-state index is 10.1. The van der Waals surface area contributed by atoms with Crippen molar-refractivity contribution in [1.82, 2.24) is 0 Å². The maximum Gasteiger partial charge on any atom is 0.329 e. The smallest absolute Gasteiger partial charge is 0.329 e. The molecular formula is C3H9NO3S3. The zero-order valence-corrected chi connectivity index (χ0v) is 7.64. The first-order valence-corrected chi connectivity index (χ1v) is 6.82.